The highest BCUT2D eigenvalue weighted by molar-refractivity contribution is 7.11. The summed E-state index contributed by atoms with van der Waals surface area (Å²) in [7, 11) is 0. The van der Waals surface area contributed by atoms with Crippen molar-refractivity contribution in [1.82, 2.24) is 4.98 Å². The maximum atomic E-state index is 5.60. The molecular formula is C9H14N2OS. The molecule has 4 heteroatoms. The van der Waals surface area contributed by atoms with E-state index >= 15 is 0 Å². The second-order valence-corrected chi connectivity index (χ2v) is 4.48. The van der Waals surface area contributed by atoms with Crippen LogP contribution < -0.4 is 5.73 Å². The Balaban J connectivity index is 2.25. The monoisotopic (exact) mass is 198 g/mol. The Morgan fingerprint density at radius 3 is 3.23 bits per heavy atom. The molecule has 0 fully saturated rings. The number of thiazole rings is 1. The van der Waals surface area contributed by atoms with Crippen LogP contribution in [0.4, 0.5) is 0 Å². The SMILES string of the molecule is CC(CN)c1nc2c(s1)COCC2. The van der Waals surface area contributed by atoms with Crippen molar-refractivity contribution >= 4 is 11.3 Å². The topological polar surface area (TPSA) is 48.1 Å². The lowest BCUT2D eigenvalue weighted by molar-refractivity contribution is 0.112. The smallest absolute Gasteiger partial charge is 0.0972 e. The first-order valence-electron chi connectivity index (χ1n) is 4.57. The molecule has 0 saturated carbocycles. The van der Waals surface area contributed by atoms with Gasteiger partial charge in [0, 0.05) is 18.9 Å². The summed E-state index contributed by atoms with van der Waals surface area (Å²) in [5.74, 6) is 0.385. The molecular weight excluding hydrogens is 184 g/mol. The van der Waals surface area contributed by atoms with Crippen molar-refractivity contribution in [3.8, 4) is 0 Å². The van der Waals surface area contributed by atoms with E-state index in [-0.39, 0.29) is 0 Å². The van der Waals surface area contributed by atoms with Gasteiger partial charge in [-0.1, -0.05) is 6.92 Å². The maximum Gasteiger partial charge on any atom is 0.0972 e. The molecule has 2 heterocycles. The number of hydrogen-bond donors (Lipinski definition) is 1. The minimum atomic E-state index is 0.385. The summed E-state index contributed by atoms with van der Waals surface area (Å²) in [5.41, 5.74) is 6.83. The minimum absolute atomic E-state index is 0.385. The number of nitrogens with two attached hydrogens (primary N) is 1. The lowest BCUT2D eigenvalue weighted by atomic mass is 10.2. The first-order valence-corrected chi connectivity index (χ1v) is 5.39. The third-order valence-corrected chi connectivity index (χ3v) is 3.59. The summed E-state index contributed by atoms with van der Waals surface area (Å²) in [6.07, 6.45) is 0.961. The maximum absolute atomic E-state index is 5.60. The third-order valence-electron chi connectivity index (χ3n) is 2.29. The Morgan fingerprint density at radius 1 is 1.69 bits per heavy atom. The molecule has 1 unspecified atom stereocenters. The van der Waals surface area contributed by atoms with E-state index in [4.69, 9.17) is 10.5 Å². The summed E-state index contributed by atoms with van der Waals surface area (Å²) in [6, 6.07) is 0. The molecule has 1 aromatic rings. The fourth-order valence-electron chi connectivity index (χ4n) is 1.36. The molecule has 2 N–H and O–H groups in total. The number of fused-ring (bicyclic) bond motifs is 1. The Morgan fingerprint density at radius 2 is 2.54 bits per heavy atom. The van der Waals surface area contributed by atoms with Crippen LogP contribution in [0.2, 0.25) is 0 Å². The molecule has 1 atom stereocenters. The van der Waals surface area contributed by atoms with Crippen molar-refractivity contribution in [2.75, 3.05) is 13.2 Å². The zero-order valence-corrected chi connectivity index (χ0v) is 8.56. The summed E-state index contributed by atoms with van der Waals surface area (Å²) in [4.78, 5) is 5.87. The minimum Gasteiger partial charge on any atom is -0.375 e. The number of nitrogens with zero attached hydrogens (tertiary/aromatic N) is 1. The second kappa shape index (κ2) is 3.74. The zero-order valence-electron chi connectivity index (χ0n) is 7.75. The highest BCUT2D eigenvalue weighted by Gasteiger charge is 2.17. The molecule has 1 aliphatic rings. The average Bonchev–Trinajstić information content (AvgIpc) is 2.59. The largest absolute Gasteiger partial charge is 0.375 e. The first-order chi connectivity index (χ1) is 6.31. The molecule has 2 rings (SSSR count). The molecule has 72 valence electrons. The van der Waals surface area contributed by atoms with Gasteiger partial charge in [0.1, 0.15) is 0 Å². The molecule has 0 amide bonds. The summed E-state index contributed by atoms with van der Waals surface area (Å²) < 4.78 is 5.36. The fourth-order valence-corrected chi connectivity index (χ4v) is 2.47. The summed E-state index contributed by atoms with van der Waals surface area (Å²) in [6.45, 7) is 4.34. The predicted octanol–water partition coefficient (Wildman–Crippen LogP) is 1.28. The van der Waals surface area contributed by atoms with Gasteiger partial charge < -0.3 is 10.5 Å². The van der Waals surface area contributed by atoms with E-state index in [0.717, 1.165) is 24.6 Å². The van der Waals surface area contributed by atoms with Crippen LogP contribution in [-0.4, -0.2) is 18.1 Å². The molecule has 1 aliphatic heterocycles. The molecule has 0 bridgehead atoms. The van der Waals surface area contributed by atoms with E-state index in [9.17, 15) is 0 Å². The first kappa shape index (κ1) is 9.12. The Labute approximate surface area is 81.9 Å². The van der Waals surface area contributed by atoms with Gasteiger partial charge in [0.15, 0.2) is 0 Å². The van der Waals surface area contributed by atoms with Gasteiger partial charge in [-0.2, -0.15) is 0 Å². The van der Waals surface area contributed by atoms with Gasteiger partial charge >= 0.3 is 0 Å². The molecule has 0 saturated heterocycles. The van der Waals surface area contributed by atoms with Crippen molar-refractivity contribution in [3.63, 3.8) is 0 Å². The third kappa shape index (κ3) is 1.75. The molecule has 1 aromatic heterocycles. The van der Waals surface area contributed by atoms with E-state index in [1.54, 1.807) is 11.3 Å². The van der Waals surface area contributed by atoms with Crippen LogP contribution in [0.15, 0.2) is 0 Å². The highest BCUT2D eigenvalue weighted by atomic mass is 32.1. The van der Waals surface area contributed by atoms with Crippen LogP contribution in [0.25, 0.3) is 0 Å². The van der Waals surface area contributed by atoms with E-state index < -0.39 is 0 Å². The molecule has 0 aliphatic carbocycles. The van der Waals surface area contributed by atoms with Gasteiger partial charge in [-0.15, -0.1) is 11.3 Å². The molecule has 3 nitrogen and oxygen atoms in total. The van der Waals surface area contributed by atoms with Crippen molar-refractivity contribution in [1.29, 1.82) is 0 Å². The second-order valence-electron chi connectivity index (χ2n) is 3.36. The molecule has 13 heavy (non-hydrogen) atoms. The Kier molecular flexibility index (Phi) is 2.62. The van der Waals surface area contributed by atoms with E-state index in [0.29, 0.717) is 12.5 Å². The van der Waals surface area contributed by atoms with Gasteiger partial charge in [-0.3, -0.25) is 0 Å². The molecule has 0 spiro atoms. The summed E-state index contributed by atoms with van der Waals surface area (Å²) in [5, 5.41) is 1.16. The number of aromatic nitrogens is 1. The average molecular weight is 198 g/mol. The standard InChI is InChI=1S/C9H14N2OS/c1-6(4-10)9-11-7-2-3-12-5-8(7)13-9/h6H,2-5,10H2,1H3. The summed E-state index contributed by atoms with van der Waals surface area (Å²) >= 11 is 1.75. The van der Waals surface area contributed by atoms with Gasteiger partial charge in [0.05, 0.1) is 28.8 Å². The van der Waals surface area contributed by atoms with Crippen LogP contribution in [-0.2, 0) is 17.8 Å². The zero-order chi connectivity index (χ0) is 9.26. The van der Waals surface area contributed by atoms with Crippen molar-refractivity contribution < 1.29 is 4.74 Å². The lowest BCUT2D eigenvalue weighted by Crippen LogP contribution is -2.09. The highest BCUT2D eigenvalue weighted by Crippen LogP contribution is 2.27. The normalized spacial score (nSPS) is 18.3. The van der Waals surface area contributed by atoms with Crippen LogP contribution in [0.1, 0.15) is 28.4 Å². The fraction of sp³-hybridized carbons (Fsp3) is 0.667. The quantitative estimate of drug-likeness (QED) is 0.778. The number of rotatable bonds is 2. The van der Waals surface area contributed by atoms with E-state index in [1.165, 1.54) is 10.6 Å². The van der Waals surface area contributed by atoms with Gasteiger partial charge in [-0.25, -0.2) is 4.98 Å². The number of hydrogen-bond acceptors (Lipinski definition) is 4. The van der Waals surface area contributed by atoms with Crippen LogP contribution in [0.5, 0.6) is 0 Å². The van der Waals surface area contributed by atoms with Gasteiger partial charge in [0.25, 0.3) is 0 Å². The van der Waals surface area contributed by atoms with Gasteiger partial charge in [-0.05, 0) is 0 Å². The van der Waals surface area contributed by atoms with Crippen LogP contribution in [0.3, 0.4) is 0 Å². The Hall–Kier alpha value is -0.450. The lowest BCUT2D eigenvalue weighted by Gasteiger charge is -2.08. The Bertz CT molecular complexity index is 274. The molecule has 0 radical (unpaired) electrons. The van der Waals surface area contributed by atoms with Crippen molar-refractivity contribution in [2.24, 2.45) is 5.73 Å². The predicted molar refractivity (Wildman–Crippen MR) is 52.9 cm³/mol. The molecule has 0 aromatic carbocycles. The van der Waals surface area contributed by atoms with Crippen LogP contribution >= 0.6 is 11.3 Å². The van der Waals surface area contributed by atoms with Crippen molar-refractivity contribution in [3.05, 3.63) is 15.6 Å². The number of ether oxygens (including phenoxy) is 1. The van der Waals surface area contributed by atoms with Crippen molar-refractivity contribution in [2.45, 2.75) is 25.9 Å². The van der Waals surface area contributed by atoms with E-state index in [1.807, 2.05) is 0 Å². The van der Waals surface area contributed by atoms with Crippen LogP contribution in [0, 0.1) is 0 Å². The van der Waals surface area contributed by atoms with Gasteiger partial charge in [0.2, 0.25) is 0 Å². The van der Waals surface area contributed by atoms with E-state index in [2.05, 4.69) is 11.9 Å².